The van der Waals surface area contributed by atoms with Crippen LogP contribution >= 0.6 is 0 Å². The second kappa shape index (κ2) is 7.80. The monoisotopic (exact) mass is 345 g/mol. The molecule has 7 heteroatoms. The highest BCUT2D eigenvalue weighted by atomic mass is 16.5. The molecular formula is C18H27N5O2. The van der Waals surface area contributed by atoms with Gasteiger partial charge in [0.1, 0.15) is 18.7 Å². The minimum Gasteiger partial charge on any atom is -0.468 e. The van der Waals surface area contributed by atoms with E-state index in [0.29, 0.717) is 17.6 Å². The summed E-state index contributed by atoms with van der Waals surface area (Å²) < 4.78 is 6.32. The summed E-state index contributed by atoms with van der Waals surface area (Å²) >= 11 is 0. The highest BCUT2D eigenvalue weighted by molar-refractivity contribution is 5.87. The van der Waals surface area contributed by atoms with Gasteiger partial charge in [-0.3, -0.25) is 4.79 Å². The highest BCUT2D eigenvalue weighted by Crippen LogP contribution is 2.31. The summed E-state index contributed by atoms with van der Waals surface area (Å²) in [4.78, 5) is 22.9. The van der Waals surface area contributed by atoms with Gasteiger partial charge in [0.2, 0.25) is 0 Å². The molecule has 0 spiro atoms. The molecule has 1 saturated heterocycles. The molecule has 7 nitrogen and oxygen atoms in total. The van der Waals surface area contributed by atoms with Gasteiger partial charge >= 0.3 is 5.97 Å². The van der Waals surface area contributed by atoms with Crippen LogP contribution in [0.1, 0.15) is 46.0 Å². The quantitative estimate of drug-likeness (QED) is 0.750. The third-order valence-corrected chi connectivity index (χ3v) is 4.90. The third-order valence-electron chi connectivity index (χ3n) is 4.90. The minimum atomic E-state index is -0.335. The SMILES string of the molecule is COC(=O)Cn1ncc2c(N3CCCC[C@H]3CCC(C)C)ncnc21. The number of rotatable bonds is 6. The van der Waals surface area contributed by atoms with Gasteiger partial charge in [-0.1, -0.05) is 13.8 Å². The maximum absolute atomic E-state index is 11.6. The molecule has 2 aromatic rings. The summed E-state index contributed by atoms with van der Waals surface area (Å²) in [5.41, 5.74) is 0.684. The molecule has 136 valence electrons. The molecule has 0 aromatic carbocycles. The molecule has 1 aliphatic heterocycles. The van der Waals surface area contributed by atoms with E-state index >= 15 is 0 Å². The van der Waals surface area contributed by atoms with E-state index < -0.39 is 0 Å². The van der Waals surface area contributed by atoms with Crippen molar-refractivity contribution in [3.8, 4) is 0 Å². The second-order valence-corrected chi connectivity index (χ2v) is 7.13. The lowest BCUT2D eigenvalue weighted by Crippen LogP contribution is -2.40. The maximum Gasteiger partial charge on any atom is 0.327 e. The molecule has 0 N–H and O–H groups in total. The van der Waals surface area contributed by atoms with Crippen molar-refractivity contribution in [1.82, 2.24) is 19.7 Å². The zero-order valence-corrected chi connectivity index (χ0v) is 15.3. The lowest BCUT2D eigenvalue weighted by Gasteiger charge is -2.37. The fourth-order valence-electron chi connectivity index (χ4n) is 3.52. The molecule has 1 aliphatic rings. The predicted octanol–water partition coefficient (Wildman–Crippen LogP) is 2.79. The number of hydrogen-bond donors (Lipinski definition) is 0. The lowest BCUT2D eigenvalue weighted by atomic mass is 9.94. The fraction of sp³-hybridized carbons (Fsp3) is 0.667. The zero-order chi connectivity index (χ0) is 17.8. The minimum absolute atomic E-state index is 0.0627. The third kappa shape index (κ3) is 3.91. The summed E-state index contributed by atoms with van der Waals surface area (Å²) in [6.07, 6.45) is 9.39. The summed E-state index contributed by atoms with van der Waals surface area (Å²) in [7, 11) is 1.38. The van der Waals surface area contributed by atoms with Gasteiger partial charge < -0.3 is 9.64 Å². The van der Waals surface area contributed by atoms with Gasteiger partial charge in [0.25, 0.3) is 0 Å². The Hall–Kier alpha value is -2.18. The molecule has 0 radical (unpaired) electrons. The van der Waals surface area contributed by atoms with Crippen LogP contribution in [0.15, 0.2) is 12.5 Å². The Labute approximate surface area is 148 Å². The Morgan fingerprint density at radius 3 is 2.96 bits per heavy atom. The number of ether oxygens (including phenoxy) is 1. The number of carbonyl (C=O) groups is 1. The zero-order valence-electron chi connectivity index (χ0n) is 15.3. The molecule has 0 bridgehead atoms. The van der Waals surface area contributed by atoms with E-state index in [1.165, 1.54) is 39.2 Å². The molecule has 0 aliphatic carbocycles. The van der Waals surface area contributed by atoms with Crippen LogP contribution in [0, 0.1) is 5.92 Å². The van der Waals surface area contributed by atoms with Crippen LogP contribution in [0.5, 0.6) is 0 Å². The molecule has 1 atom stereocenters. The Morgan fingerprint density at radius 2 is 2.20 bits per heavy atom. The number of nitrogens with zero attached hydrogens (tertiary/aromatic N) is 5. The van der Waals surface area contributed by atoms with Crippen LogP contribution < -0.4 is 4.90 Å². The standard InChI is InChI=1S/C18H27N5O2/c1-13(2)7-8-14-6-4-5-9-22(14)17-15-10-21-23(11-16(24)25-3)18(15)20-12-19-17/h10,12-14H,4-9,11H2,1-3H3/t14-/m0/s1. The van der Waals surface area contributed by atoms with Crippen LogP contribution in [0.4, 0.5) is 5.82 Å². The molecule has 3 rings (SSSR count). The van der Waals surface area contributed by atoms with Crippen LogP contribution in [0.25, 0.3) is 11.0 Å². The van der Waals surface area contributed by atoms with E-state index in [1.807, 2.05) is 0 Å². The van der Waals surface area contributed by atoms with Crippen molar-refractivity contribution in [2.24, 2.45) is 5.92 Å². The van der Waals surface area contributed by atoms with Gasteiger partial charge in [-0.2, -0.15) is 5.10 Å². The number of fused-ring (bicyclic) bond motifs is 1. The van der Waals surface area contributed by atoms with E-state index in [4.69, 9.17) is 4.74 Å². The number of hydrogen-bond acceptors (Lipinski definition) is 6. The van der Waals surface area contributed by atoms with Crippen LogP contribution in [0.3, 0.4) is 0 Å². The van der Waals surface area contributed by atoms with Crippen molar-refractivity contribution < 1.29 is 9.53 Å². The van der Waals surface area contributed by atoms with Gasteiger partial charge in [0, 0.05) is 12.6 Å². The molecule has 3 heterocycles. The lowest BCUT2D eigenvalue weighted by molar-refractivity contribution is -0.141. The second-order valence-electron chi connectivity index (χ2n) is 7.13. The molecular weight excluding hydrogens is 318 g/mol. The van der Waals surface area contributed by atoms with E-state index in [2.05, 4.69) is 33.8 Å². The van der Waals surface area contributed by atoms with Gasteiger partial charge in [0.15, 0.2) is 5.65 Å². The van der Waals surface area contributed by atoms with Crippen molar-refractivity contribution in [2.45, 2.75) is 58.5 Å². The predicted molar refractivity (Wildman–Crippen MR) is 96.4 cm³/mol. The van der Waals surface area contributed by atoms with Crippen molar-refractivity contribution in [2.75, 3.05) is 18.6 Å². The van der Waals surface area contributed by atoms with Gasteiger partial charge in [-0.05, 0) is 38.0 Å². The number of methoxy groups -OCH3 is 1. The Bertz CT molecular complexity index is 727. The van der Waals surface area contributed by atoms with E-state index in [0.717, 1.165) is 17.7 Å². The molecule has 0 amide bonds. The van der Waals surface area contributed by atoms with Crippen molar-refractivity contribution in [1.29, 1.82) is 0 Å². The summed E-state index contributed by atoms with van der Waals surface area (Å²) in [5.74, 6) is 1.31. The number of esters is 1. The average Bonchev–Trinajstić information content (AvgIpc) is 3.03. The number of piperidine rings is 1. The van der Waals surface area contributed by atoms with Gasteiger partial charge in [-0.15, -0.1) is 0 Å². The van der Waals surface area contributed by atoms with E-state index in [-0.39, 0.29) is 12.5 Å². The summed E-state index contributed by atoms with van der Waals surface area (Å²) in [5, 5.41) is 5.23. The topological polar surface area (TPSA) is 73.1 Å². The van der Waals surface area contributed by atoms with Gasteiger partial charge in [-0.25, -0.2) is 14.6 Å². The van der Waals surface area contributed by atoms with E-state index in [9.17, 15) is 4.79 Å². The first-order valence-electron chi connectivity index (χ1n) is 9.10. The smallest absolute Gasteiger partial charge is 0.327 e. The van der Waals surface area contributed by atoms with E-state index in [1.54, 1.807) is 17.2 Å². The van der Waals surface area contributed by atoms with Crippen molar-refractivity contribution in [3.63, 3.8) is 0 Å². The molecule has 2 aromatic heterocycles. The molecule has 0 unspecified atom stereocenters. The first-order chi connectivity index (χ1) is 12.1. The number of carbonyl (C=O) groups excluding carboxylic acids is 1. The number of aromatic nitrogens is 4. The normalized spacial score (nSPS) is 18.1. The Kier molecular flexibility index (Phi) is 5.50. The van der Waals surface area contributed by atoms with Crippen molar-refractivity contribution in [3.05, 3.63) is 12.5 Å². The van der Waals surface area contributed by atoms with Gasteiger partial charge in [0.05, 0.1) is 18.7 Å². The summed E-state index contributed by atoms with van der Waals surface area (Å²) in [6.45, 7) is 5.62. The van der Waals surface area contributed by atoms with Crippen LogP contribution in [-0.4, -0.2) is 45.4 Å². The molecule has 1 fully saturated rings. The molecule has 25 heavy (non-hydrogen) atoms. The first-order valence-corrected chi connectivity index (χ1v) is 9.10. The number of anilines is 1. The Morgan fingerprint density at radius 1 is 1.36 bits per heavy atom. The van der Waals surface area contributed by atoms with Crippen LogP contribution in [0.2, 0.25) is 0 Å². The average molecular weight is 345 g/mol. The highest BCUT2D eigenvalue weighted by Gasteiger charge is 2.26. The first kappa shape index (κ1) is 17.6. The largest absolute Gasteiger partial charge is 0.468 e. The Balaban J connectivity index is 1.89. The fourth-order valence-corrected chi connectivity index (χ4v) is 3.52. The van der Waals surface area contributed by atoms with Crippen molar-refractivity contribution >= 4 is 22.8 Å². The molecule has 0 saturated carbocycles. The van der Waals surface area contributed by atoms with Crippen LogP contribution in [-0.2, 0) is 16.1 Å². The summed E-state index contributed by atoms with van der Waals surface area (Å²) in [6, 6.07) is 0.512. The maximum atomic E-state index is 11.6.